The molecule has 1 aromatic carbocycles. The van der Waals surface area contributed by atoms with Crippen molar-refractivity contribution in [2.24, 2.45) is 4.99 Å². The predicted molar refractivity (Wildman–Crippen MR) is 111 cm³/mol. The van der Waals surface area contributed by atoms with Gasteiger partial charge in [-0.25, -0.2) is 4.39 Å². The summed E-state index contributed by atoms with van der Waals surface area (Å²) in [5.41, 5.74) is 0.432. The van der Waals surface area contributed by atoms with Crippen molar-refractivity contribution in [2.45, 2.75) is 37.9 Å². The van der Waals surface area contributed by atoms with Gasteiger partial charge in [-0.15, -0.1) is 0 Å². The number of furan rings is 1. The first-order valence-corrected chi connectivity index (χ1v) is 10.3. The van der Waals surface area contributed by atoms with Crippen molar-refractivity contribution in [2.75, 3.05) is 26.2 Å². The van der Waals surface area contributed by atoms with Crippen LogP contribution in [-0.4, -0.2) is 43.4 Å². The summed E-state index contributed by atoms with van der Waals surface area (Å²) in [7, 11) is 0. The second kappa shape index (κ2) is 11.2. The Balaban J connectivity index is 1.57. The maximum absolute atomic E-state index is 13.6. The summed E-state index contributed by atoms with van der Waals surface area (Å²) < 4.78 is 24.7. The molecular weight excluding hydrogens is 397 g/mol. The number of benzene rings is 1. The van der Waals surface area contributed by atoms with Crippen LogP contribution in [0.3, 0.4) is 0 Å². The minimum Gasteiger partial charge on any atom is -0.469 e. The molecule has 1 aromatic heterocycles. The monoisotopic (exact) mass is 423 g/mol. The second-order valence-electron chi connectivity index (χ2n) is 7.00. The molecular formula is C21H27ClFN3O3. The molecule has 1 aliphatic rings. The van der Waals surface area contributed by atoms with Crippen molar-refractivity contribution in [3.63, 3.8) is 0 Å². The molecule has 2 atom stereocenters. The van der Waals surface area contributed by atoms with E-state index in [1.165, 1.54) is 12.1 Å². The summed E-state index contributed by atoms with van der Waals surface area (Å²) >= 11 is 5.70. The van der Waals surface area contributed by atoms with Crippen molar-refractivity contribution in [1.82, 2.24) is 10.6 Å². The predicted octanol–water partition coefficient (Wildman–Crippen LogP) is 3.45. The van der Waals surface area contributed by atoms with Crippen LogP contribution in [0.5, 0.6) is 0 Å². The maximum Gasteiger partial charge on any atom is 0.191 e. The molecule has 158 valence electrons. The van der Waals surface area contributed by atoms with Crippen molar-refractivity contribution >= 4 is 17.6 Å². The minimum absolute atomic E-state index is 0.0267. The van der Waals surface area contributed by atoms with Gasteiger partial charge < -0.3 is 24.9 Å². The lowest BCUT2D eigenvalue weighted by atomic mass is 10.1. The Morgan fingerprint density at radius 1 is 1.31 bits per heavy atom. The molecule has 2 heterocycles. The van der Waals surface area contributed by atoms with Crippen LogP contribution in [-0.2, 0) is 11.2 Å². The molecule has 0 spiro atoms. The number of aliphatic hydroxyl groups is 1. The average molecular weight is 424 g/mol. The quantitative estimate of drug-likeness (QED) is 0.447. The first-order valence-electron chi connectivity index (χ1n) is 9.91. The van der Waals surface area contributed by atoms with Crippen LogP contribution in [0.15, 0.2) is 46.0 Å². The van der Waals surface area contributed by atoms with E-state index in [1.54, 1.807) is 12.3 Å². The summed E-state index contributed by atoms with van der Waals surface area (Å²) in [6, 6.07) is 8.03. The second-order valence-corrected chi connectivity index (χ2v) is 7.41. The fourth-order valence-electron chi connectivity index (χ4n) is 3.11. The third kappa shape index (κ3) is 7.03. The van der Waals surface area contributed by atoms with Crippen LogP contribution in [0.1, 0.15) is 36.7 Å². The number of aliphatic imine (C=N–C) groups is 1. The first-order chi connectivity index (χ1) is 14.1. The van der Waals surface area contributed by atoms with Crippen LogP contribution in [0.2, 0.25) is 5.02 Å². The Morgan fingerprint density at radius 3 is 2.93 bits per heavy atom. The summed E-state index contributed by atoms with van der Waals surface area (Å²) in [4.78, 5) is 4.46. The zero-order valence-electron chi connectivity index (χ0n) is 16.2. The summed E-state index contributed by atoms with van der Waals surface area (Å²) in [5, 5.41) is 16.9. The van der Waals surface area contributed by atoms with E-state index in [0.717, 1.165) is 31.6 Å². The number of nitrogens with one attached hydrogen (secondary N) is 2. The number of nitrogens with zero attached hydrogens (tertiary/aromatic N) is 1. The summed E-state index contributed by atoms with van der Waals surface area (Å²) in [6.07, 6.45) is 4.84. The molecule has 0 bridgehead atoms. The molecule has 8 heteroatoms. The standard InChI is InChI=1S/C21H27ClFN3O3/c22-18-7-6-15(12-19(18)23)20(27)14-26-21(24-9-8-16-5-3-11-28-16)25-13-17-4-1-2-10-29-17/h3,5-7,11-12,17,20,27H,1-2,4,8-10,13-14H2,(H2,24,25,26). The molecule has 0 aliphatic carbocycles. The molecule has 1 fully saturated rings. The number of rotatable bonds is 8. The van der Waals surface area contributed by atoms with Gasteiger partial charge in [-0.3, -0.25) is 4.99 Å². The van der Waals surface area contributed by atoms with E-state index in [0.29, 0.717) is 31.0 Å². The Bertz CT molecular complexity index is 779. The molecule has 1 saturated heterocycles. The van der Waals surface area contributed by atoms with Gasteiger partial charge >= 0.3 is 0 Å². The molecule has 1 aliphatic heterocycles. The van der Waals surface area contributed by atoms with E-state index in [-0.39, 0.29) is 17.7 Å². The van der Waals surface area contributed by atoms with Gasteiger partial charge in [0, 0.05) is 26.1 Å². The van der Waals surface area contributed by atoms with E-state index in [4.69, 9.17) is 20.8 Å². The van der Waals surface area contributed by atoms with Crippen molar-refractivity contribution in [3.8, 4) is 0 Å². The molecule has 6 nitrogen and oxygen atoms in total. The third-order valence-corrected chi connectivity index (χ3v) is 5.07. The largest absolute Gasteiger partial charge is 0.469 e. The lowest BCUT2D eigenvalue weighted by Gasteiger charge is -2.24. The van der Waals surface area contributed by atoms with E-state index < -0.39 is 11.9 Å². The molecule has 0 radical (unpaired) electrons. The SMILES string of the molecule is OC(CN=C(NCCc1ccco1)NCC1CCCCO1)c1ccc(Cl)c(F)c1. The zero-order valence-corrected chi connectivity index (χ0v) is 17.0. The Labute approximate surface area is 175 Å². The highest BCUT2D eigenvalue weighted by Crippen LogP contribution is 2.20. The van der Waals surface area contributed by atoms with Crippen LogP contribution in [0.25, 0.3) is 0 Å². The number of aliphatic hydroxyl groups excluding tert-OH is 1. The fourth-order valence-corrected chi connectivity index (χ4v) is 3.23. The highest BCUT2D eigenvalue weighted by Gasteiger charge is 2.15. The van der Waals surface area contributed by atoms with Crippen LogP contribution >= 0.6 is 11.6 Å². The number of hydrogen-bond donors (Lipinski definition) is 3. The van der Waals surface area contributed by atoms with Crippen molar-refractivity contribution < 1.29 is 18.7 Å². The number of halogens is 2. The molecule has 29 heavy (non-hydrogen) atoms. The van der Waals surface area contributed by atoms with Gasteiger partial charge in [-0.05, 0) is 49.1 Å². The van der Waals surface area contributed by atoms with Crippen molar-refractivity contribution in [3.05, 3.63) is 58.8 Å². The van der Waals surface area contributed by atoms with Crippen LogP contribution in [0.4, 0.5) is 4.39 Å². The molecule has 2 aromatic rings. The van der Waals surface area contributed by atoms with E-state index >= 15 is 0 Å². The van der Waals surface area contributed by atoms with E-state index in [2.05, 4.69) is 15.6 Å². The number of ether oxygens (including phenoxy) is 1. The first kappa shape index (κ1) is 21.6. The molecule has 0 saturated carbocycles. The van der Waals surface area contributed by atoms with Gasteiger partial charge in [0.15, 0.2) is 5.96 Å². The molecule has 3 N–H and O–H groups in total. The summed E-state index contributed by atoms with van der Waals surface area (Å²) in [6.45, 7) is 2.13. The normalized spacial score (nSPS) is 18.4. The highest BCUT2D eigenvalue weighted by atomic mass is 35.5. The molecule has 0 amide bonds. The van der Waals surface area contributed by atoms with E-state index in [9.17, 15) is 9.50 Å². The molecule has 3 rings (SSSR count). The van der Waals surface area contributed by atoms with Gasteiger partial charge in [-0.1, -0.05) is 17.7 Å². The number of hydrogen-bond acceptors (Lipinski definition) is 4. The average Bonchev–Trinajstić information content (AvgIpc) is 3.25. The Hall–Kier alpha value is -2.09. The topological polar surface area (TPSA) is 79.0 Å². The zero-order chi connectivity index (χ0) is 20.5. The maximum atomic E-state index is 13.6. The lowest BCUT2D eigenvalue weighted by Crippen LogP contribution is -2.43. The summed E-state index contributed by atoms with van der Waals surface area (Å²) in [5.74, 6) is 0.889. The van der Waals surface area contributed by atoms with Gasteiger partial charge in [0.25, 0.3) is 0 Å². The van der Waals surface area contributed by atoms with E-state index in [1.807, 2.05) is 12.1 Å². The lowest BCUT2D eigenvalue weighted by molar-refractivity contribution is 0.0194. The molecule has 2 unspecified atom stereocenters. The Kier molecular flexibility index (Phi) is 8.34. The van der Waals surface area contributed by atoms with Gasteiger partial charge in [0.05, 0.1) is 30.0 Å². The Morgan fingerprint density at radius 2 is 2.21 bits per heavy atom. The fraction of sp³-hybridized carbons (Fsp3) is 0.476. The minimum atomic E-state index is -0.934. The third-order valence-electron chi connectivity index (χ3n) is 4.77. The smallest absolute Gasteiger partial charge is 0.191 e. The van der Waals surface area contributed by atoms with Crippen molar-refractivity contribution in [1.29, 1.82) is 0 Å². The van der Waals surface area contributed by atoms with Crippen LogP contribution in [0, 0.1) is 5.82 Å². The van der Waals surface area contributed by atoms with Gasteiger partial charge in [0.1, 0.15) is 11.6 Å². The van der Waals surface area contributed by atoms with Gasteiger partial charge in [0.2, 0.25) is 0 Å². The van der Waals surface area contributed by atoms with Crippen LogP contribution < -0.4 is 10.6 Å². The van der Waals surface area contributed by atoms with Gasteiger partial charge in [-0.2, -0.15) is 0 Å². The number of guanidine groups is 1. The highest BCUT2D eigenvalue weighted by molar-refractivity contribution is 6.30.